The van der Waals surface area contributed by atoms with Gasteiger partial charge in [0.25, 0.3) is 0 Å². The Kier molecular flexibility index (Phi) is 6.56. The van der Waals surface area contributed by atoms with Crippen molar-refractivity contribution in [3.8, 4) is 0 Å². The Labute approximate surface area is 177 Å². The van der Waals surface area contributed by atoms with Gasteiger partial charge in [-0.3, -0.25) is 0 Å². The standard InChI is InChI=1S/C20H24BrFN4O3/c1-4-11(2)16(19(27)29-3)25-20(28)26-8-7-15-17(24-10-23-15)18(26)13-6-5-12(21)9-14(13)22/h5-6,9-11,16,18H,4,7-8H2,1-3H3,(H,23,24)(H,25,28)/t11-,16+,18?/m1/s1. The molecular weight excluding hydrogens is 443 g/mol. The highest BCUT2D eigenvalue weighted by atomic mass is 79.9. The SMILES string of the molecule is CC[C@@H](C)[C@H](NC(=O)N1CCc2[nH]cnc2C1c1ccc(Br)cc1F)C(=O)OC. The second kappa shape index (κ2) is 8.94. The molecule has 29 heavy (non-hydrogen) atoms. The molecule has 0 saturated carbocycles. The third-order valence-corrected chi connectivity index (χ3v) is 5.88. The van der Waals surface area contributed by atoms with Gasteiger partial charge in [0.05, 0.1) is 19.1 Å². The molecule has 1 aliphatic heterocycles. The van der Waals surface area contributed by atoms with Crippen LogP contribution in [0.4, 0.5) is 9.18 Å². The zero-order valence-corrected chi connectivity index (χ0v) is 18.1. The van der Waals surface area contributed by atoms with Crippen LogP contribution in [-0.2, 0) is 16.0 Å². The Balaban J connectivity index is 1.96. The van der Waals surface area contributed by atoms with E-state index >= 15 is 0 Å². The number of methoxy groups -OCH3 is 1. The van der Waals surface area contributed by atoms with Crippen molar-refractivity contribution < 1.29 is 18.7 Å². The molecule has 0 spiro atoms. The number of nitrogens with one attached hydrogen (secondary N) is 2. The Morgan fingerprint density at radius 2 is 2.24 bits per heavy atom. The number of fused-ring (bicyclic) bond motifs is 1. The Morgan fingerprint density at radius 3 is 2.90 bits per heavy atom. The van der Waals surface area contributed by atoms with Crippen molar-refractivity contribution in [3.05, 3.63) is 51.8 Å². The molecule has 156 valence electrons. The smallest absolute Gasteiger partial charge is 0.328 e. The molecule has 2 N–H and O–H groups in total. The van der Waals surface area contributed by atoms with Gasteiger partial charge in [-0.25, -0.2) is 19.0 Å². The van der Waals surface area contributed by atoms with E-state index in [9.17, 15) is 14.0 Å². The lowest BCUT2D eigenvalue weighted by Crippen LogP contribution is -2.53. The summed E-state index contributed by atoms with van der Waals surface area (Å²) in [5, 5.41) is 2.78. The Hall–Kier alpha value is -2.42. The number of halogens is 2. The predicted octanol–water partition coefficient (Wildman–Crippen LogP) is 3.56. The molecule has 1 aromatic carbocycles. The van der Waals surface area contributed by atoms with Crippen LogP contribution in [0.3, 0.4) is 0 Å². The Bertz CT molecular complexity index is 904. The molecule has 2 heterocycles. The van der Waals surface area contributed by atoms with E-state index in [4.69, 9.17) is 4.74 Å². The van der Waals surface area contributed by atoms with Crippen molar-refractivity contribution in [1.82, 2.24) is 20.2 Å². The van der Waals surface area contributed by atoms with E-state index in [2.05, 4.69) is 31.2 Å². The van der Waals surface area contributed by atoms with Crippen LogP contribution >= 0.6 is 15.9 Å². The Morgan fingerprint density at radius 1 is 1.48 bits per heavy atom. The van der Waals surface area contributed by atoms with Crippen molar-refractivity contribution in [2.75, 3.05) is 13.7 Å². The van der Waals surface area contributed by atoms with E-state index in [1.54, 1.807) is 18.5 Å². The number of urea groups is 1. The molecule has 1 aromatic heterocycles. The number of esters is 1. The number of aromatic amines is 1. The van der Waals surface area contributed by atoms with E-state index in [1.165, 1.54) is 18.1 Å². The molecule has 0 aliphatic carbocycles. The first-order chi connectivity index (χ1) is 13.9. The number of aromatic nitrogens is 2. The van der Waals surface area contributed by atoms with Crippen molar-refractivity contribution in [3.63, 3.8) is 0 Å². The molecule has 2 aromatic rings. The van der Waals surface area contributed by atoms with E-state index in [0.717, 1.165) is 5.69 Å². The zero-order valence-electron chi connectivity index (χ0n) is 16.5. The van der Waals surface area contributed by atoms with Gasteiger partial charge in [-0.05, 0) is 18.1 Å². The number of carbonyl (C=O) groups excluding carboxylic acids is 2. The van der Waals surface area contributed by atoms with Crippen molar-refractivity contribution >= 4 is 27.9 Å². The number of H-pyrrole nitrogens is 1. The number of imidazole rings is 1. The topological polar surface area (TPSA) is 87.3 Å². The molecular formula is C20H24BrFN4O3. The van der Waals surface area contributed by atoms with E-state index in [0.29, 0.717) is 35.1 Å². The van der Waals surface area contributed by atoms with Crippen molar-refractivity contribution in [2.24, 2.45) is 5.92 Å². The second-order valence-electron chi connectivity index (χ2n) is 7.11. The number of benzene rings is 1. The number of nitrogens with zero attached hydrogens (tertiary/aromatic N) is 2. The zero-order chi connectivity index (χ0) is 21.1. The monoisotopic (exact) mass is 466 g/mol. The van der Waals surface area contributed by atoms with Crippen LogP contribution in [0.1, 0.15) is 43.3 Å². The quantitative estimate of drug-likeness (QED) is 0.659. The fourth-order valence-corrected chi connectivity index (χ4v) is 3.88. The second-order valence-corrected chi connectivity index (χ2v) is 8.03. The molecule has 0 fully saturated rings. The highest BCUT2D eigenvalue weighted by Gasteiger charge is 2.37. The normalized spacial score (nSPS) is 18.0. The molecule has 1 unspecified atom stereocenters. The summed E-state index contributed by atoms with van der Waals surface area (Å²) < 4.78 is 20.3. The maximum atomic E-state index is 14.8. The summed E-state index contributed by atoms with van der Waals surface area (Å²) in [5.41, 5.74) is 1.81. The minimum atomic E-state index is -0.784. The number of ether oxygens (including phenoxy) is 1. The van der Waals surface area contributed by atoms with Gasteiger partial charge in [-0.2, -0.15) is 0 Å². The molecule has 0 bridgehead atoms. The molecule has 1 aliphatic rings. The van der Waals surface area contributed by atoms with Gasteiger partial charge in [-0.15, -0.1) is 0 Å². The third kappa shape index (κ3) is 4.29. The highest BCUT2D eigenvalue weighted by molar-refractivity contribution is 9.10. The van der Waals surface area contributed by atoms with E-state index < -0.39 is 29.9 Å². The molecule has 0 saturated heterocycles. The summed E-state index contributed by atoms with van der Waals surface area (Å²) in [5.74, 6) is -1.05. The fourth-order valence-electron chi connectivity index (χ4n) is 3.55. The third-order valence-electron chi connectivity index (χ3n) is 5.39. The van der Waals surface area contributed by atoms with Gasteiger partial charge >= 0.3 is 12.0 Å². The maximum Gasteiger partial charge on any atom is 0.328 e. The summed E-state index contributed by atoms with van der Waals surface area (Å²) >= 11 is 3.26. The lowest BCUT2D eigenvalue weighted by molar-refractivity contribution is -0.144. The van der Waals surface area contributed by atoms with Crippen LogP contribution in [0.15, 0.2) is 29.0 Å². The summed E-state index contributed by atoms with van der Waals surface area (Å²) in [6.07, 6.45) is 2.80. The van der Waals surface area contributed by atoms with E-state index in [-0.39, 0.29) is 5.92 Å². The number of carbonyl (C=O) groups is 2. The van der Waals surface area contributed by atoms with Gasteiger partial charge in [-0.1, -0.05) is 42.3 Å². The lowest BCUT2D eigenvalue weighted by Gasteiger charge is -2.36. The van der Waals surface area contributed by atoms with Gasteiger partial charge in [0.15, 0.2) is 0 Å². The van der Waals surface area contributed by atoms with Crippen molar-refractivity contribution in [1.29, 1.82) is 0 Å². The minimum Gasteiger partial charge on any atom is -0.467 e. The number of hydrogen-bond donors (Lipinski definition) is 2. The average molecular weight is 467 g/mol. The van der Waals surface area contributed by atoms with E-state index in [1.807, 2.05) is 13.8 Å². The first-order valence-electron chi connectivity index (χ1n) is 9.49. The first kappa shape index (κ1) is 21.3. The fraction of sp³-hybridized carbons (Fsp3) is 0.450. The highest BCUT2D eigenvalue weighted by Crippen LogP contribution is 2.35. The van der Waals surface area contributed by atoms with Crippen molar-refractivity contribution in [2.45, 2.75) is 38.8 Å². The number of rotatable bonds is 5. The molecule has 7 nitrogen and oxygen atoms in total. The van der Waals surface area contributed by atoms with Gasteiger partial charge in [0.2, 0.25) is 0 Å². The molecule has 3 rings (SSSR count). The summed E-state index contributed by atoms with van der Waals surface area (Å²) in [4.78, 5) is 34.3. The lowest BCUT2D eigenvalue weighted by atomic mass is 9.95. The molecule has 3 atom stereocenters. The summed E-state index contributed by atoms with van der Waals surface area (Å²) in [6, 6.07) is 2.79. The van der Waals surface area contributed by atoms with Crippen LogP contribution in [0.5, 0.6) is 0 Å². The van der Waals surface area contributed by atoms with Crippen LogP contribution in [-0.4, -0.2) is 46.6 Å². The summed E-state index contributed by atoms with van der Waals surface area (Å²) in [6.45, 7) is 4.16. The molecule has 9 heteroatoms. The predicted molar refractivity (Wildman–Crippen MR) is 109 cm³/mol. The summed E-state index contributed by atoms with van der Waals surface area (Å²) in [7, 11) is 1.29. The van der Waals surface area contributed by atoms with Gasteiger partial charge < -0.3 is 19.9 Å². The van der Waals surface area contributed by atoms with Gasteiger partial charge in [0, 0.05) is 28.7 Å². The van der Waals surface area contributed by atoms with Crippen LogP contribution in [0.2, 0.25) is 0 Å². The first-order valence-corrected chi connectivity index (χ1v) is 10.3. The van der Waals surface area contributed by atoms with Crippen LogP contribution in [0.25, 0.3) is 0 Å². The van der Waals surface area contributed by atoms with Gasteiger partial charge in [0.1, 0.15) is 17.9 Å². The maximum absolute atomic E-state index is 14.8. The van der Waals surface area contributed by atoms with Crippen LogP contribution < -0.4 is 5.32 Å². The minimum absolute atomic E-state index is 0.111. The largest absolute Gasteiger partial charge is 0.467 e. The molecule has 0 radical (unpaired) electrons. The number of hydrogen-bond acceptors (Lipinski definition) is 4. The average Bonchev–Trinajstić information content (AvgIpc) is 3.19. The molecule has 2 amide bonds. The van der Waals surface area contributed by atoms with Crippen LogP contribution in [0, 0.1) is 11.7 Å². The number of amides is 2.